The first-order valence-corrected chi connectivity index (χ1v) is 14.6. The average molecular weight is 605 g/mol. The molecule has 4 aliphatic rings. The largest absolute Gasteiger partial charge is 0.294 e. The lowest BCUT2D eigenvalue weighted by atomic mass is 9.47. The van der Waals surface area contributed by atoms with Crippen LogP contribution in [-0.4, -0.2) is 28.9 Å². The van der Waals surface area contributed by atoms with Gasteiger partial charge in [-0.1, -0.05) is 90.5 Å². The van der Waals surface area contributed by atoms with Crippen molar-refractivity contribution < 1.29 is 19.3 Å². The van der Waals surface area contributed by atoms with Crippen LogP contribution in [-0.2, 0) is 26.2 Å². The van der Waals surface area contributed by atoms with Crippen LogP contribution in [0.25, 0.3) is 0 Å². The van der Waals surface area contributed by atoms with E-state index in [2.05, 4.69) is 10.5 Å². The quantitative estimate of drug-likeness (QED) is 0.129. The van der Waals surface area contributed by atoms with Gasteiger partial charge in [0.15, 0.2) is 0 Å². The van der Waals surface area contributed by atoms with E-state index in [1.54, 1.807) is 6.21 Å². The highest BCUT2D eigenvalue weighted by Gasteiger charge is 2.68. The van der Waals surface area contributed by atoms with Crippen molar-refractivity contribution >= 4 is 46.9 Å². The number of aryl methyl sites for hydroxylation is 1. The second-order valence-corrected chi connectivity index (χ2v) is 11.6. The number of rotatable bonds is 7. The Morgan fingerprint density at radius 2 is 1.57 bits per heavy atom. The van der Waals surface area contributed by atoms with Gasteiger partial charge < -0.3 is 0 Å². The molecule has 10 heteroatoms. The van der Waals surface area contributed by atoms with Crippen molar-refractivity contribution in [3.05, 3.63) is 140 Å². The van der Waals surface area contributed by atoms with E-state index in [1.807, 2.05) is 78.9 Å². The molecule has 2 bridgehead atoms. The number of anilines is 1. The van der Waals surface area contributed by atoms with Gasteiger partial charge in [0.25, 0.3) is 5.69 Å². The molecule has 9 nitrogen and oxygen atoms in total. The van der Waals surface area contributed by atoms with Crippen LogP contribution in [0.4, 0.5) is 11.4 Å². The second-order valence-electron chi connectivity index (χ2n) is 11.2. The summed E-state index contributed by atoms with van der Waals surface area (Å²) in [5, 5.41) is 16.5. The number of hydrogen-bond donors (Lipinski definition) is 1. The smallest absolute Gasteiger partial charge is 0.274 e. The van der Waals surface area contributed by atoms with Crippen molar-refractivity contribution in [1.82, 2.24) is 5.43 Å². The summed E-state index contributed by atoms with van der Waals surface area (Å²) in [6.07, 6.45) is 2.32. The molecule has 0 saturated carbocycles. The number of amides is 3. The van der Waals surface area contributed by atoms with Gasteiger partial charge in [0, 0.05) is 29.6 Å². The lowest BCUT2D eigenvalue weighted by molar-refractivity contribution is -0.384. The fraction of sp³-hybridized carbons (Fsp3) is 0.176. The maximum atomic E-state index is 14.5. The number of benzene rings is 4. The number of nitrogens with one attached hydrogen (secondary N) is 1. The molecule has 1 heterocycles. The first-order valence-electron chi connectivity index (χ1n) is 14.2. The van der Waals surface area contributed by atoms with E-state index in [0.717, 1.165) is 38.8 Å². The van der Waals surface area contributed by atoms with Crippen molar-refractivity contribution in [3.63, 3.8) is 0 Å². The normalized spacial score (nSPS) is 22.9. The van der Waals surface area contributed by atoms with E-state index in [0.29, 0.717) is 6.42 Å². The predicted molar refractivity (Wildman–Crippen MR) is 164 cm³/mol. The minimum atomic E-state index is -1.22. The second kappa shape index (κ2) is 10.5. The first kappa shape index (κ1) is 27.7. The van der Waals surface area contributed by atoms with Gasteiger partial charge in [0.05, 0.1) is 22.2 Å². The summed E-state index contributed by atoms with van der Waals surface area (Å²) in [5.74, 6) is -3.63. The molecule has 8 rings (SSSR count). The van der Waals surface area contributed by atoms with E-state index in [9.17, 15) is 24.5 Å². The van der Waals surface area contributed by atoms with Gasteiger partial charge in [-0.2, -0.15) is 5.10 Å². The fourth-order valence-electron chi connectivity index (χ4n) is 7.28. The van der Waals surface area contributed by atoms with Crippen LogP contribution in [0.1, 0.15) is 40.2 Å². The Bertz CT molecular complexity index is 1840. The molecule has 0 radical (unpaired) electrons. The van der Waals surface area contributed by atoms with Gasteiger partial charge in [-0.15, -0.1) is 0 Å². The number of hydrogen-bond acceptors (Lipinski definition) is 6. The molecule has 0 unspecified atom stereocenters. The van der Waals surface area contributed by atoms with Gasteiger partial charge in [0.2, 0.25) is 17.7 Å². The Hall–Kier alpha value is -5.15. The number of halogens is 1. The lowest BCUT2D eigenvalue weighted by Crippen LogP contribution is -2.54. The maximum absolute atomic E-state index is 14.5. The van der Waals surface area contributed by atoms with E-state index in [-0.39, 0.29) is 23.0 Å². The summed E-state index contributed by atoms with van der Waals surface area (Å²) in [6.45, 7) is 0. The van der Waals surface area contributed by atoms with Crippen LogP contribution in [0.5, 0.6) is 0 Å². The highest BCUT2D eigenvalue weighted by atomic mass is 35.5. The van der Waals surface area contributed by atoms with Gasteiger partial charge in [0.1, 0.15) is 5.69 Å². The molecule has 3 amide bonds. The molecule has 4 aromatic rings. The number of imide groups is 1. The van der Waals surface area contributed by atoms with Crippen molar-refractivity contribution in [2.45, 2.75) is 24.2 Å². The van der Waals surface area contributed by atoms with Crippen molar-refractivity contribution in [2.24, 2.45) is 16.9 Å². The monoisotopic (exact) mass is 604 g/mol. The standard InChI is InChI=1S/C34H25ClN4O5/c35-21-15-16-26(27(18-21)39(43)44)38-32(41)30-29-22-10-4-6-12-24(22)34(31(30)33(38)42,25-13-7-5-11-23(25)29)19-36-37-28(40)17-14-20-8-2-1-3-9-20/h1-13,15-16,18-19,29-31H,14,17H2,(H,37,40)/b36-19-/t29?,30-,31+,34?/m0/s1. The zero-order valence-corrected chi connectivity index (χ0v) is 24.0. The van der Waals surface area contributed by atoms with Gasteiger partial charge in [-0.3, -0.25) is 24.5 Å². The number of nitro groups is 1. The summed E-state index contributed by atoms with van der Waals surface area (Å²) in [4.78, 5) is 53.9. The highest BCUT2D eigenvalue weighted by molar-refractivity contribution is 6.31. The summed E-state index contributed by atoms with van der Waals surface area (Å²) >= 11 is 6.06. The Morgan fingerprint density at radius 1 is 0.932 bits per heavy atom. The van der Waals surface area contributed by atoms with Crippen LogP contribution < -0.4 is 10.3 Å². The van der Waals surface area contributed by atoms with E-state index in [4.69, 9.17) is 11.6 Å². The van der Waals surface area contributed by atoms with Crippen molar-refractivity contribution in [1.29, 1.82) is 0 Å². The lowest BCUT2D eigenvalue weighted by Gasteiger charge is -2.52. The summed E-state index contributed by atoms with van der Waals surface area (Å²) in [6, 6.07) is 28.8. The predicted octanol–water partition coefficient (Wildman–Crippen LogP) is 5.53. The van der Waals surface area contributed by atoms with E-state index >= 15 is 0 Å². The molecule has 1 saturated heterocycles. The van der Waals surface area contributed by atoms with Crippen molar-refractivity contribution in [2.75, 3.05) is 4.90 Å². The zero-order valence-electron chi connectivity index (χ0n) is 23.2. The highest BCUT2D eigenvalue weighted by Crippen LogP contribution is 2.64. The van der Waals surface area contributed by atoms with Gasteiger partial charge >= 0.3 is 0 Å². The van der Waals surface area contributed by atoms with Gasteiger partial charge in [-0.25, -0.2) is 10.3 Å². The molecule has 218 valence electrons. The Kier molecular flexibility index (Phi) is 6.62. The van der Waals surface area contributed by atoms with Crippen LogP contribution in [0.15, 0.2) is 102 Å². The molecular weight excluding hydrogens is 580 g/mol. The minimum absolute atomic E-state index is 0.114. The number of nitrogens with zero attached hydrogens (tertiary/aromatic N) is 3. The van der Waals surface area contributed by atoms with Crippen molar-refractivity contribution in [3.8, 4) is 0 Å². The maximum Gasteiger partial charge on any atom is 0.294 e. The van der Waals surface area contributed by atoms with Crippen LogP contribution in [0, 0.1) is 22.0 Å². The molecular formula is C34H25ClN4O5. The molecule has 1 fully saturated rings. The molecule has 1 N–H and O–H groups in total. The van der Waals surface area contributed by atoms with E-state index in [1.165, 1.54) is 12.1 Å². The molecule has 0 spiro atoms. The molecule has 1 aliphatic heterocycles. The minimum Gasteiger partial charge on any atom is -0.274 e. The molecule has 44 heavy (non-hydrogen) atoms. The van der Waals surface area contributed by atoms with E-state index < -0.39 is 45.6 Å². The zero-order chi connectivity index (χ0) is 30.6. The van der Waals surface area contributed by atoms with Crippen LogP contribution >= 0.6 is 11.6 Å². The fourth-order valence-corrected chi connectivity index (χ4v) is 7.45. The molecule has 2 atom stereocenters. The summed E-state index contributed by atoms with van der Waals surface area (Å²) in [5.41, 5.74) is 5.24. The summed E-state index contributed by atoms with van der Waals surface area (Å²) < 4.78 is 0. The number of nitro benzene ring substituents is 1. The third-order valence-electron chi connectivity index (χ3n) is 9.00. The third kappa shape index (κ3) is 4.07. The van der Waals surface area contributed by atoms with Crippen LogP contribution in [0.3, 0.4) is 0 Å². The number of carbonyl (C=O) groups is 3. The number of carbonyl (C=O) groups excluding carboxylic acids is 3. The average Bonchev–Trinajstić information content (AvgIpc) is 3.31. The first-order chi connectivity index (χ1) is 21.3. The molecule has 4 aromatic carbocycles. The summed E-state index contributed by atoms with van der Waals surface area (Å²) in [7, 11) is 0. The third-order valence-corrected chi connectivity index (χ3v) is 9.23. The Labute approximate surface area is 257 Å². The van der Waals surface area contributed by atoms with Gasteiger partial charge in [-0.05, 0) is 46.4 Å². The number of hydrazone groups is 1. The Balaban J connectivity index is 1.34. The molecule has 0 aromatic heterocycles. The topological polar surface area (TPSA) is 122 Å². The Morgan fingerprint density at radius 3 is 2.23 bits per heavy atom. The SMILES string of the molecule is O=C(CCc1ccccc1)N/N=C\C12c3ccccc3C(c3ccccc31)[C@@H]1C(=O)N(c3ccc(Cl)cc3[N+](=O)[O-])C(=O)[C@@H]12. The molecule has 3 aliphatic carbocycles. The van der Waals surface area contributed by atoms with Crippen LogP contribution in [0.2, 0.25) is 5.02 Å².